The van der Waals surface area contributed by atoms with Crippen molar-refractivity contribution < 1.29 is 4.79 Å². The molecule has 1 saturated carbocycles. The SMILES string of the molecule is CNc1ncc(C#Cc2cccc3c2CNCC3)c2cc(NC(=O)C3CC3)ncc12. The van der Waals surface area contributed by atoms with Gasteiger partial charge < -0.3 is 16.0 Å². The summed E-state index contributed by atoms with van der Waals surface area (Å²) in [5.41, 5.74) is 4.50. The Labute approximate surface area is 175 Å². The maximum absolute atomic E-state index is 12.2. The molecule has 0 saturated heterocycles. The number of pyridine rings is 2. The van der Waals surface area contributed by atoms with Crippen LogP contribution in [-0.4, -0.2) is 29.5 Å². The average Bonchev–Trinajstić information content (AvgIpc) is 3.63. The van der Waals surface area contributed by atoms with E-state index in [1.165, 1.54) is 11.1 Å². The van der Waals surface area contributed by atoms with E-state index in [-0.39, 0.29) is 11.8 Å². The van der Waals surface area contributed by atoms with E-state index in [9.17, 15) is 4.79 Å². The fourth-order valence-electron chi connectivity index (χ4n) is 3.84. The van der Waals surface area contributed by atoms with Crippen LogP contribution >= 0.6 is 0 Å². The van der Waals surface area contributed by atoms with Gasteiger partial charge in [-0.15, -0.1) is 0 Å². The molecule has 6 nitrogen and oxygen atoms in total. The summed E-state index contributed by atoms with van der Waals surface area (Å²) in [6.07, 6.45) is 6.47. The van der Waals surface area contributed by atoms with Crippen LogP contribution in [0.5, 0.6) is 0 Å². The van der Waals surface area contributed by atoms with Crippen LogP contribution in [0.25, 0.3) is 10.8 Å². The first-order valence-electron chi connectivity index (χ1n) is 10.3. The molecule has 2 aliphatic rings. The number of nitrogens with zero attached hydrogens (tertiary/aromatic N) is 2. The quantitative estimate of drug-likeness (QED) is 0.592. The van der Waals surface area contributed by atoms with Crippen LogP contribution < -0.4 is 16.0 Å². The van der Waals surface area contributed by atoms with Gasteiger partial charge in [-0.1, -0.05) is 24.0 Å². The molecule has 3 N–H and O–H groups in total. The molecule has 1 aliphatic heterocycles. The molecule has 0 radical (unpaired) electrons. The zero-order chi connectivity index (χ0) is 20.5. The monoisotopic (exact) mass is 397 g/mol. The van der Waals surface area contributed by atoms with Gasteiger partial charge in [0.2, 0.25) is 5.91 Å². The maximum atomic E-state index is 12.2. The van der Waals surface area contributed by atoms with E-state index in [2.05, 4.69) is 56.0 Å². The summed E-state index contributed by atoms with van der Waals surface area (Å²) in [4.78, 5) is 21.1. The lowest BCUT2D eigenvalue weighted by molar-refractivity contribution is -0.117. The largest absolute Gasteiger partial charge is 0.373 e. The first kappa shape index (κ1) is 18.6. The third kappa shape index (κ3) is 3.60. The second-order valence-electron chi connectivity index (χ2n) is 7.77. The molecule has 1 aromatic carbocycles. The van der Waals surface area contributed by atoms with Crippen molar-refractivity contribution in [3.63, 3.8) is 0 Å². The lowest BCUT2D eigenvalue weighted by Gasteiger charge is -2.18. The van der Waals surface area contributed by atoms with E-state index in [0.717, 1.165) is 60.1 Å². The third-order valence-electron chi connectivity index (χ3n) is 5.69. The van der Waals surface area contributed by atoms with Crippen LogP contribution in [0.15, 0.2) is 36.7 Å². The normalized spacial score (nSPS) is 15.1. The van der Waals surface area contributed by atoms with Gasteiger partial charge in [-0.05, 0) is 49.1 Å². The van der Waals surface area contributed by atoms with E-state index in [1.807, 2.05) is 13.1 Å². The van der Waals surface area contributed by atoms with Gasteiger partial charge in [0, 0.05) is 48.2 Å². The number of fused-ring (bicyclic) bond motifs is 2. The number of rotatable bonds is 3. The summed E-state index contributed by atoms with van der Waals surface area (Å²) in [5.74, 6) is 8.13. The Hall–Kier alpha value is -3.43. The second-order valence-corrected chi connectivity index (χ2v) is 7.77. The molecule has 1 amide bonds. The van der Waals surface area contributed by atoms with Crippen molar-refractivity contribution >= 4 is 28.3 Å². The fraction of sp³-hybridized carbons (Fsp3) is 0.292. The van der Waals surface area contributed by atoms with E-state index in [0.29, 0.717) is 5.82 Å². The van der Waals surface area contributed by atoms with Gasteiger partial charge in [0.25, 0.3) is 0 Å². The minimum atomic E-state index is 0.0424. The summed E-state index contributed by atoms with van der Waals surface area (Å²) in [7, 11) is 1.83. The van der Waals surface area contributed by atoms with Gasteiger partial charge in [0.15, 0.2) is 0 Å². The van der Waals surface area contributed by atoms with E-state index < -0.39 is 0 Å². The Morgan fingerprint density at radius 1 is 1.13 bits per heavy atom. The summed E-state index contributed by atoms with van der Waals surface area (Å²) in [5, 5.41) is 11.3. The number of hydrogen-bond donors (Lipinski definition) is 3. The number of hydrogen-bond acceptors (Lipinski definition) is 5. The number of benzene rings is 1. The van der Waals surface area contributed by atoms with Crippen molar-refractivity contribution in [1.82, 2.24) is 15.3 Å². The van der Waals surface area contributed by atoms with Crippen LogP contribution in [0.3, 0.4) is 0 Å². The standard InChI is InChI=1S/C24H23N5O/c1-25-23-21-14-27-22(29-24(30)17-6-7-17)11-19(21)18(12-28-23)8-5-15-3-2-4-16-9-10-26-13-20(15)16/h2-4,11-12,14,17,26H,6-7,9-10,13H2,1H3,(H,25,28)(H,27,29,30). The van der Waals surface area contributed by atoms with E-state index >= 15 is 0 Å². The molecule has 0 unspecified atom stereocenters. The lowest BCUT2D eigenvalue weighted by atomic mass is 9.96. The molecule has 2 aromatic heterocycles. The van der Waals surface area contributed by atoms with Crippen LogP contribution in [0.1, 0.15) is 35.1 Å². The highest BCUT2D eigenvalue weighted by Gasteiger charge is 2.29. The minimum absolute atomic E-state index is 0.0424. The highest BCUT2D eigenvalue weighted by Crippen LogP contribution is 2.31. The zero-order valence-electron chi connectivity index (χ0n) is 16.9. The Kier molecular flexibility index (Phi) is 4.82. The van der Waals surface area contributed by atoms with Crippen LogP contribution in [0.4, 0.5) is 11.6 Å². The topological polar surface area (TPSA) is 78.9 Å². The number of amides is 1. The Morgan fingerprint density at radius 2 is 2.00 bits per heavy atom. The van der Waals surface area contributed by atoms with Gasteiger partial charge >= 0.3 is 0 Å². The van der Waals surface area contributed by atoms with Crippen LogP contribution in [-0.2, 0) is 17.8 Å². The van der Waals surface area contributed by atoms with Crippen molar-refractivity contribution in [3.8, 4) is 11.8 Å². The van der Waals surface area contributed by atoms with Crippen molar-refractivity contribution in [2.45, 2.75) is 25.8 Å². The van der Waals surface area contributed by atoms with Gasteiger partial charge in [-0.25, -0.2) is 9.97 Å². The highest BCUT2D eigenvalue weighted by atomic mass is 16.2. The van der Waals surface area contributed by atoms with Crippen molar-refractivity contribution in [3.05, 3.63) is 58.9 Å². The minimum Gasteiger partial charge on any atom is -0.373 e. The molecule has 3 aromatic rings. The zero-order valence-corrected chi connectivity index (χ0v) is 16.9. The van der Waals surface area contributed by atoms with Gasteiger partial charge in [0.05, 0.1) is 5.56 Å². The number of nitrogens with one attached hydrogen (secondary N) is 3. The number of aromatic nitrogens is 2. The Balaban J connectivity index is 1.56. The molecule has 1 aliphatic carbocycles. The number of carbonyl (C=O) groups excluding carboxylic acids is 1. The van der Waals surface area contributed by atoms with Gasteiger partial charge in [-0.3, -0.25) is 4.79 Å². The lowest BCUT2D eigenvalue weighted by Crippen LogP contribution is -2.24. The molecule has 6 heteroatoms. The van der Waals surface area contributed by atoms with Gasteiger partial charge in [0.1, 0.15) is 11.6 Å². The fourth-order valence-corrected chi connectivity index (χ4v) is 3.84. The molecule has 0 spiro atoms. The molecule has 0 bridgehead atoms. The summed E-state index contributed by atoms with van der Waals surface area (Å²) in [6.45, 7) is 1.85. The molecule has 150 valence electrons. The Morgan fingerprint density at radius 3 is 2.83 bits per heavy atom. The van der Waals surface area contributed by atoms with E-state index in [4.69, 9.17) is 0 Å². The molecule has 1 fully saturated rings. The van der Waals surface area contributed by atoms with Gasteiger partial charge in [-0.2, -0.15) is 0 Å². The molecule has 0 atom stereocenters. The Bertz CT molecular complexity index is 1200. The average molecular weight is 397 g/mol. The van der Waals surface area contributed by atoms with Crippen molar-refractivity contribution in [1.29, 1.82) is 0 Å². The number of anilines is 2. The smallest absolute Gasteiger partial charge is 0.228 e. The summed E-state index contributed by atoms with van der Waals surface area (Å²) < 4.78 is 0. The van der Waals surface area contributed by atoms with Crippen LogP contribution in [0.2, 0.25) is 0 Å². The van der Waals surface area contributed by atoms with Crippen molar-refractivity contribution in [2.75, 3.05) is 24.2 Å². The molecule has 5 rings (SSSR count). The van der Waals surface area contributed by atoms with E-state index in [1.54, 1.807) is 12.4 Å². The predicted molar refractivity (Wildman–Crippen MR) is 118 cm³/mol. The first-order valence-corrected chi connectivity index (χ1v) is 10.3. The summed E-state index contributed by atoms with van der Waals surface area (Å²) >= 11 is 0. The third-order valence-corrected chi connectivity index (χ3v) is 5.69. The molecular weight excluding hydrogens is 374 g/mol. The van der Waals surface area contributed by atoms with Crippen molar-refractivity contribution in [2.24, 2.45) is 5.92 Å². The number of carbonyl (C=O) groups is 1. The maximum Gasteiger partial charge on any atom is 0.228 e. The molecule has 3 heterocycles. The predicted octanol–water partition coefficient (Wildman–Crippen LogP) is 3.07. The highest BCUT2D eigenvalue weighted by molar-refractivity contribution is 5.99. The summed E-state index contributed by atoms with van der Waals surface area (Å²) in [6, 6.07) is 8.22. The molecule has 30 heavy (non-hydrogen) atoms. The second kappa shape index (κ2) is 7.77. The first-order chi connectivity index (χ1) is 14.7. The molecular formula is C24H23N5O. The van der Waals surface area contributed by atoms with Crippen LogP contribution in [0, 0.1) is 17.8 Å².